The van der Waals surface area contributed by atoms with Gasteiger partial charge >= 0.3 is 0 Å². The molecule has 1 aromatic carbocycles. The molecule has 2 aromatic rings. The number of carbonyl (C=O) groups is 4. The van der Waals surface area contributed by atoms with Gasteiger partial charge < -0.3 is 25.8 Å². The average Bonchev–Trinajstić information content (AvgIpc) is 3.37. The topological polar surface area (TPSA) is 129 Å². The Morgan fingerprint density at radius 1 is 0.979 bits per heavy atom. The Morgan fingerprint density at radius 2 is 1.66 bits per heavy atom. The molecule has 4 amide bonds. The lowest BCUT2D eigenvalue weighted by Gasteiger charge is -2.50. The number of aromatic nitrogens is 2. The first-order chi connectivity index (χ1) is 22.5. The van der Waals surface area contributed by atoms with Crippen LogP contribution in [-0.2, 0) is 20.9 Å². The highest BCUT2D eigenvalue weighted by molar-refractivity contribution is 5.95. The summed E-state index contributed by atoms with van der Waals surface area (Å²) in [5.74, 6) is -0.520. The summed E-state index contributed by atoms with van der Waals surface area (Å²) < 4.78 is 1.75. The Kier molecular flexibility index (Phi) is 9.47. The Bertz CT molecular complexity index is 1460. The highest BCUT2D eigenvalue weighted by Gasteiger charge is 2.62. The van der Waals surface area contributed by atoms with E-state index < -0.39 is 17.4 Å². The Morgan fingerprint density at radius 3 is 2.32 bits per heavy atom. The molecule has 2 aliphatic carbocycles. The van der Waals surface area contributed by atoms with Gasteiger partial charge in [-0.25, -0.2) is 0 Å². The van der Waals surface area contributed by atoms with E-state index in [9.17, 15) is 19.2 Å². The molecule has 2 saturated heterocycles. The Labute approximate surface area is 278 Å². The molecule has 47 heavy (non-hydrogen) atoms. The molecule has 3 N–H and O–H groups in total. The van der Waals surface area contributed by atoms with Crippen molar-refractivity contribution in [3.63, 3.8) is 0 Å². The van der Waals surface area contributed by atoms with Crippen molar-refractivity contribution in [3.8, 4) is 0 Å². The van der Waals surface area contributed by atoms with Crippen LogP contribution in [0.2, 0.25) is 0 Å². The van der Waals surface area contributed by atoms with Gasteiger partial charge in [0, 0.05) is 56.8 Å². The number of rotatable bonds is 11. The number of likely N-dealkylation sites (N-methyl/N-ethyl adjacent to an activating group) is 1. The number of likely N-dealkylation sites (tertiary alicyclic amines) is 2. The predicted molar refractivity (Wildman–Crippen MR) is 178 cm³/mol. The number of amides is 4. The zero-order valence-corrected chi connectivity index (χ0v) is 28.3. The fraction of sp³-hybridized carbons (Fsp3) is 0.639. The highest BCUT2D eigenvalue weighted by Crippen LogP contribution is 2.54. The Balaban J connectivity index is 1.16. The van der Waals surface area contributed by atoms with Crippen LogP contribution in [0, 0.1) is 28.6 Å². The van der Waals surface area contributed by atoms with Gasteiger partial charge in [0.15, 0.2) is 0 Å². The van der Waals surface area contributed by atoms with Crippen LogP contribution < -0.4 is 16.0 Å². The minimum Gasteiger partial charge on any atom is -0.357 e. The summed E-state index contributed by atoms with van der Waals surface area (Å²) in [4.78, 5) is 57.9. The van der Waals surface area contributed by atoms with Gasteiger partial charge in [0.1, 0.15) is 6.04 Å². The first-order valence-corrected chi connectivity index (χ1v) is 17.4. The maximum Gasteiger partial charge on any atom is 0.257 e. The standard InChI is InChI=1S/C36H51N7O4/c1-24(38-16-25-11-7-5-8-12-25)30(32(45)37-4)40-31(44)29-20-41(21-36(29)22-42(23-36)34(47)28-15-35(28,2)3)33(46)27-17-39-43(19-27)18-26-13-9-6-10-14-26/h6,9-10,13-14,17,19,24-25,28-30,38H,5,7-8,11-12,15-16,18,20-23H2,1-4H3,(H,37,45)(H,40,44)/t24-,28-,29+,30+/m1/s1. The number of hydrogen-bond acceptors (Lipinski definition) is 6. The van der Waals surface area contributed by atoms with Crippen LogP contribution in [0.5, 0.6) is 0 Å². The number of nitrogens with zero attached hydrogens (tertiary/aromatic N) is 4. The van der Waals surface area contributed by atoms with E-state index >= 15 is 0 Å². The maximum absolute atomic E-state index is 14.2. The first kappa shape index (κ1) is 33.2. The molecule has 0 unspecified atom stereocenters. The van der Waals surface area contributed by atoms with Crippen molar-refractivity contribution in [1.29, 1.82) is 0 Å². The second kappa shape index (κ2) is 13.4. The largest absolute Gasteiger partial charge is 0.357 e. The van der Waals surface area contributed by atoms with Crippen molar-refractivity contribution in [2.45, 2.75) is 77.9 Å². The SMILES string of the molecule is CNC(=O)[C@@H](NC(=O)[C@@H]1CN(C(=O)c2cnn(Cc3ccccc3)c2)CC12CN(C(=O)[C@H]1CC1(C)C)C2)[C@@H](C)NCC1CCCCC1. The van der Waals surface area contributed by atoms with E-state index in [1.165, 1.54) is 32.1 Å². The molecule has 4 fully saturated rings. The third-order valence-corrected chi connectivity index (χ3v) is 11.2. The van der Waals surface area contributed by atoms with Crippen molar-refractivity contribution < 1.29 is 19.2 Å². The molecule has 1 spiro atoms. The summed E-state index contributed by atoms with van der Waals surface area (Å²) in [7, 11) is 1.58. The van der Waals surface area contributed by atoms with Crippen LogP contribution in [0.1, 0.15) is 75.2 Å². The maximum atomic E-state index is 14.2. The highest BCUT2D eigenvalue weighted by atomic mass is 16.2. The quantitative estimate of drug-likeness (QED) is 0.345. The van der Waals surface area contributed by atoms with E-state index in [1.807, 2.05) is 42.2 Å². The van der Waals surface area contributed by atoms with Crippen molar-refractivity contribution >= 4 is 23.6 Å². The lowest BCUT2D eigenvalue weighted by Crippen LogP contribution is -2.66. The summed E-state index contributed by atoms with van der Waals surface area (Å²) in [6.45, 7) is 8.95. The van der Waals surface area contributed by atoms with Crippen molar-refractivity contribution in [2.75, 3.05) is 39.8 Å². The van der Waals surface area contributed by atoms with E-state index in [4.69, 9.17) is 0 Å². The number of carbonyl (C=O) groups excluding carboxylic acids is 4. The number of hydrogen-bond donors (Lipinski definition) is 3. The van der Waals surface area contributed by atoms with Crippen molar-refractivity contribution in [1.82, 2.24) is 35.5 Å². The van der Waals surface area contributed by atoms with Crippen LogP contribution in [-0.4, -0.2) is 95.1 Å². The van der Waals surface area contributed by atoms with Gasteiger partial charge in [-0.3, -0.25) is 23.9 Å². The lowest BCUT2D eigenvalue weighted by molar-refractivity contribution is -0.152. The molecular weight excluding hydrogens is 594 g/mol. The van der Waals surface area contributed by atoms with Crippen molar-refractivity contribution in [3.05, 3.63) is 53.9 Å². The fourth-order valence-corrected chi connectivity index (χ4v) is 7.99. The summed E-state index contributed by atoms with van der Waals surface area (Å²) in [6.07, 6.45) is 10.3. The third-order valence-electron chi connectivity index (χ3n) is 11.2. The normalized spacial score (nSPS) is 24.3. The summed E-state index contributed by atoms with van der Waals surface area (Å²) in [6, 6.07) is 8.90. The van der Waals surface area contributed by atoms with E-state index in [0.717, 1.165) is 18.5 Å². The molecule has 4 atom stereocenters. The van der Waals surface area contributed by atoms with Crippen LogP contribution >= 0.6 is 0 Å². The van der Waals surface area contributed by atoms with E-state index in [-0.39, 0.29) is 47.5 Å². The van der Waals surface area contributed by atoms with Gasteiger partial charge in [0.05, 0.1) is 24.2 Å². The molecule has 6 rings (SSSR count). The minimum absolute atomic E-state index is 0.00962. The molecule has 2 saturated carbocycles. The number of benzene rings is 1. The van der Waals surface area contributed by atoms with Gasteiger partial charge in [-0.15, -0.1) is 0 Å². The third kappa shape index (κ3) is 7.10. The molecule has 2 aliphatic heterocycles. The summed E-state index contributed by atoms with van der Waals surface area (Å²) in [5.41, 5.74) is 0.987. The molecular formula is C36H51N7O4. The molecule has 0 radical (unpaired) electrons. The Hall–Kier alpha value is -3.73. The van der Waals surface area contributed by atoms with Gasteiger partial charge in [-0.1, -0.05) is 63.4 Å². The zero-order valence-electron chi connectivity index (χ0n) is 28.3. The second-order valence-electron chi connectivity index (χ2n) is 15.3. The van der Waals surface area contributed by atoms with Crippen LogP contribution in [0.3, 0.4) is 0 Å². The van der Waals surface area contributed by atoms with E-state index in [0.29, 0.717) is 37.7 Å². The van der Waals surface area contributed by atoms with Gasteiger partial charge in [-0.05, 0) is 49.6 Å². The lowest BCUT2D eigenvalue weighted by atomic mass is 9.70. The molecule has 11 heteroatoms. The first-order valence-electron chi connectivity index (χ1n) is 17.4. The van der Waals surface area contributed by atoms with Gasteiger partial charge in [0.2, 0.25) is 17.7 Å². The molecule has 11 nitrogen and oxygen atoms in total. The monoisotopic (exact) mass is 645 g/mol. The van der Waals surface area contributed by atoms with E-state index in [2.05, 4.69) is 34.9 Å². The van der Waals surface area contributed by atoms with Crippen LogP contribution in [0.15, 0.2) is 42.7 Å². The molecule has 1 aromatic heterocycles. The van der Waals surface area contributed by atoms with E-state index in [1.54, 1.807) is 29.0 Å². The average molecular weight is 646 g/mol. The van der Waals surface area contributed by atoms with Gasteiger partial charge in [-0.2, -0.15) is 5.10 Å². The zero-order chi connectivity index (χ0) is 33.3. The minimum atomic E-state index is -0.765. The van der Waals surface area contributed by atoms with Gasteiger partial charge in [0.25, 0.3) is 5.91 Å². The molecule has 4 aliphatic rings. The molecule has 254 valence electrons. The predicted octanol–water partition coefficient (Wildman–Crippen LogP) is 2.67. The van der Waals surface area contributed by atoms with Crippen LogP contribution in [0.4, 0.5) is 0 Å². The summed E-state index contributed by atoms with van der Waals surface area (Å²) >= 11 is 0. The second-order valence-corrected chi connectivity index (χ2v) is 15.3. The molecule has 3 heterocycles. The molecule has 0 bridgehead atoms. The fourth-order valence-electron chi connectivity index (χ4n) is 7.99. The smallest absolute Gasteiger partial charge is 0.257 e. The number of nitrogens with one attached hydrogen (secondary N) is 3. The summed E-state index contributed by atoms with van der Waals surface area (Å²) in [5, 5.41) is 13.8. The van der Waals surface area contributed by atoms with Crippen LogP contribution in [0.25, 0.3) is 0 Å². The van der Waals surface area contributed by atoms with Crippen molar-refractivity contribution in [2.24, 2.45) is 28.6 Å².